The topological polar surface area (TPSA) is 40.6 Å². The molecule has 0 N–H and O–H groups in total. The van der Waals surface area contributed by atoms with Gasteiger partial charge in [-0.2, -0.15) is 0 Å². The molecule has 150 valence electrons. The highest BCUT2D eigenvalue weighted by atomic mass is 16.2. The van der Waals surface area contributed by atoms with Crippen LogP contribution in [0.3, 0.4) is 0 Å². The molecule has 1 aromatic rings. The van der Waals surface area contributed by atoms with Crippen LogP contribution in [-0.4, -0.2) is 47.3 Å². The number of amides is 2. The zero-order valence-corrected chi connectivity index (χ0v) is 16.8. The molecular formula is C24H32N2O2. The van der Waals surface area contributed by atoms with E-state index in [0.29, 0.717) is 25.0 Å². The van der Waals surface area contributed by atoms with Gasteiger partial charge in [0.2, 0.25) is 11.8 Å². The van der Waals surface area contributed by atoms with Gasteiger partial charge in [0.1, 0.15) is 0 Å². The van der Waals surface area contributed by atoms with E-state index in [9.17, 15) is 9.59 Å². The number of hydrogen-bond acceptors (Lipinski definition) is 2. The van der Waals surface area contributed by atoms with E-state index < -0.39 is 0 Å². The number of piperidine rings is 2. The molecule has 4 rings (SSSR count). The van der Waals surface area contributed by atoms with Crippen molar-refractivity contribution < 1.29 is 9.59 Å². The van der Waals surface area contributed by atoms with Gasteiger partial charge in [0, 0.05) is 37.7 Å². The van der Waals surface area contributed by atoms with E-state index in [1.165, 1.54) is 32.1 Å². The van der Waals surface area contributed by atoms with Crippen LogP contribution in [0.5, 0.6) is 0 Å². The van der Waals surface area contributed by atoms with Crippen molar-refractivity contribution in [1.29, 1.82) is 0 Å². The molecule has 0 radical (unpaired) electrons. The Hall–Kier alpha value is -2.10. The molecule has 3 fully saturated rings. The summed E-state index contributed by atoms with van der Waals surface area (Å²) in [7, 11) is 0. The normalized spacial score (nSPS) is 26.3. The molecule has 2 saturated heterocycles. The second-order valence-electron chi connectivity index (χ2n) is 8.63. The Balaban J connectivity index is 1.30. The maximum atomic E-state index is 13.2. The van der Waals surface area contributed by atoms with Crippen LogP contribution in [0.25, 0.3) is 6.08 Å². The van der Waals surface area contributed by atoms with Crippen LogP contribution in [-0.2, 0) is 9.59 Å². The van der Waals surface area contributed by atoms with Crippen LogP contribution in [0.15, 0.2) is 36.4 Å². The lowest BCUT2D eigenvalue weighted by Crippen LogP contribution is -2.53. The minimum absolute atomic E-state index is 0.0556. The Morgan fingerprint density at radius 1 is 0.857 bits per heavy atom. The fourth-order valence-corrected chi connectivity index (χ4v) is 5.32. The molecule has 1 saturated carbocycles. The third-order valence-corrected chi connectivity index (χ3v) is 6.90. The van der Waals surface area contributed by atoms with Gasteiger partial charge in [0.25, 0.3) is 0 Å². The first kappa shape index (κ1) is 19.2. The van der Waals surface area contributed by atoms with Crippen LogP contribution >= 0.6 is 0 Å². The van der Waals surface area contributed by atoms with Crippen LogP contribution in [0.4, 0.5) is 0 Å². The summed E-state index contributed by atoms with van der Waals surface area (Å²) in [6, 6.07) is 10.4. The summed E-state index contributed by atoms with van der Waals surface area (Å²) in [6.07, 6.45) is 12.7. The highest BCUT2D eigenvalue weighted by Gasteiger charge is 2.38. The molecule has 1 aromatic carbocycles. The Kier molecular flexibility index (Phi) is 6.13. The van der Waals surface area contributed by atoms with E-state index in [-0.39, 0.29) is 11.8 Å². The molecule has 4 nitrogen and oxygen atoms in total. The molecule has 3 aliphatic rings. The molecule has 0 unspecified atom stereocenters. The second kappa shape index (κ2) is 8.93. The fraction of sp³-hybridized carbons (Fsp3) is 0.583. The Morgan fingerprint density at radius 3 is 2.36 bits per heavy atom. The number of carbonyl (C=O) groups is 2. The molecule has 4 heteroatoms. The first-order valence-corrected chi connectivity index (χ1v) is 11.0. The zero-order chi connectivity index (χ0) is 19.3. The molecular weight excluding hydrogens is 348 g/mol. The summed E-state index contributed by atoms with van der Waals surface area (Å²) in [5, 5.41) is 0. The Morgan fingerprint density at radius 2 is 1.57 bits per heavy atom. The number of rotatable bonds is 3. The minimum Gasteiger partial charge on any atom is -0.339 e. The summed E-state index contributed by atoms with van der Waals surface area (Å²) in [4.78, 5) is 29.8. The van der Waals surface area contributed by atoms with Gasteiger partial charge < -0.3 is 9.80 Å². The van der Waals surface area contributed by atoms with Crippen molar-refractivity contribution >= 4 is 17.9 Å². The second-order valence-corrected chi connectivity index (χ2v) is 8.63. The largest absolute Gasteiger partial charge is 0.339 e. The van der Waals surface area contributed by atoms with Gasteiger partial charge in [-0.15, -0.1) is 0 Å². The highest BCUT2D eigenvalue weighted by molar-refractivity contribution is 5.92. The lowest BCUT2D eigenvalue weighted by Gasteiger charge is -2.46. The molecule has 2 aliphatic heterocycles. The standard InChI is InChI=1S/C24H32N2O2/c27-23(13-12-19-7-2-1-3-8-19)25-17-14-21(15-18-25)24(28)26-16-6-10-20-9-4-5-11-22(20)26/h1-3,7-8,12-13,20-22H,4-6,9-11,14-18H2/b13-12+/t20-,22-/m1/s1. The minimum atomic E-state index is 0.0556. The van der Waals surface area contributed by atoms with E-state index in [1.807, 2.05) is 41.3 Å². The number of hydrogen-bond donors (Lipinski definition) is 0. The number of nitrogens with zero attached hydrogens (tertiary/aromatic N) is 2. The summed E-state index contributed by atoms with van der Waals surface area (Å²) in [5.74, 6) is 1.25. The third kappa shape index (κ3) is 4.31. The van der Waals surface area contributed by atoms with Crippen molar-refractivity contribution in [3.63, 3.8) is 0 Å². The predicted octanol–water partition coefficient (Wildman–Crippen LogP) is 4.12. The van der Waals surface area contributed by atoms with E-state index in [2.05, 4.69) is 4.90 Å². The van der Waals surface area contributed by atoms with E-state index in [1.54, 1.807) is 6.08 Å². The van der Waals surface area contributed by atoms with Gasteiger partial charge in [0.15, 0.2) is 0 Å². The first-order chi connectivity index (χ1) is 13.7. The molecule has 0 aromatic heterocycles. The van der Waals surface area contributed by atoms with E-state index >= 15 is 0 Å². The molecule has 2 amide bonds. The van der Waals surface area contributed by atoms with Gasteiger partial charge in [-0.1, -0.05) is 43.2 Å². The van der Waals surface area contributed by atoms with Gasteiger partial charge in [0.05, 0.1) is 0 Å². The van der Waals surface area contributed by atoms with Crippen molar-refractivity contribution in [2.45, 2.75) is 57.4 Å². The number of likely N-dealkylation sites (tertiary alicyclic amines) is 2. The SMILES string of the molecule is O=C(/C=C/c1ccccc1)N1CCC(C(=O)N2CCC[C@H]3CCCC[C@H]32)CC1. The average Bonchev–Trinajstić information content (AvgIpc) is 2.77. The van der Waals surface area contributed by atoms with Crippen LogP contribution in [0.1, 0.15) is 56.9 Å². The van der Waals surface area contributed by atoms with Crippen molar-refractivity contribution in [1.82, 2.24) is 9.80 Å². The lowest BCUT2D eigenvalue weighted by atomic mass is 9.77. The Bertz CT molecular complexity index is 705. The van der Waals surface area contributed by atoms with Gasteiger partial charge in [-0.3, -0.25) is 9.59 Å². The quantitative estimate of drug-likeness (QED) is 0.740. The zero-order valence-electron chi connectivity index (χ0n) is 16.8. The van der Waals surface area contributed by atoms with Crippen molar-refractivity contribution in [2.24, 2.45) is 11.8 Å². The monoisotopic (exact) mass is 380 g/mol. The molecule has 2 heterocycles. The Labute approximate surface area is 168 Å². The maximum absolute atomic E-state index is 13.2. The van der Waals surface area contributed by atoms with Crippen LogP contribution in [0.2, 0.25) is 0 Å². The van der Waals surface area contributed by atoms with E-state index in [0.717, 1.165) is 37.3 Å². The average molecular weight is 381 g/mol. The molecule has 0 bridgehead atoms. The van der Waals surface area contributed by atoms with Crippen molar-refractivity contribution in [3.8, 4) is 0 Å². The van der Waals surface area contributed by atoms with E-state index in [4.69, 9.17) is 0 Å². The molecule has 28 heavy (non-hydrogen) atoms. The summed E-state index contributed by atoms with van der Waals surface area (Å²) in [5.41, 5.74) is 1.04. The molecule has 0 spiro atoms. The van der Waals surface area contributed by atoms with Gasteiger partial charge >= 0.3 is 0 Å². The van der Waals surface area contributed by atoms with Gasteiger partial charge in [-0.05, 0) is 56.1 Å². The fourth-order valence-electron chi connectivity index (χ4n) is 5.32. The first-order valence-electron chi connectivity index (χ1n) is 11.0. The summed E-state index contributed by atoms with van der Waals surface area (Å²) >= 11 is 0. The van der Waals surface area contributed by atoms with Crippen molar-refractivity contribution in [3.05, 3.63) is 42.0 Å². The smallest absolute Gasteiger partial charge is 0.246 e. The summed E-state index contributed by atoms with van der Waals surface area (Å²) < 4.78 is 0. The van der Waals surface area contributed by atoms with Crippen LogP contribution < -0.4 is 0 Å². The number of carbonyl (C=O) groups excluding carboxylic acids is 2. The number of benzene rings is 1. The van der Waals surface area contributed by atoms with Crippen molar-refractivity contribution in [2.75, 3.05) is 19.6 Å². The van der Waals surface area contributed by atoms with Crippen LogP contribution in [0, 0.1) is 11.8 Å². The maximum Gasteiger partial charge on any atom is 0.246 e. The summed E-state index contributed by atoms with van der Waals surface area (Å²) in [6.45, 7) is 2.32. The lowest BCUT2D eigenvalue weighted by molar-refractivity contribution is -0.145. The molecule has 2 atom stereocenters. The third-order valence-electron chi connectivity index (χ3n) is 6.90. The number of fused-ring (bicyclic) bond motifs is 1. The molecule has 1 aliphatic carbocycles. The predicted molar refractivity (Wildman–Crippen MR) is 111 cm³/mol. The highest BCUT2D eigenvalue weighted by Crippen LogP contribution is 2.36. The van der Waals surface area contributed by atoms with Gasteiger partial charge in [-0.25, -0.2) is 0 Å².